The van der Waals surface area contributed by atoms with Gasteiger partial charge >= 0.3 is 48.6 Å². The number of likely N-dealkylation sites (N-methyl/N-ethyl adjacent to an activating group) is 1. The molecule has 0 spiro atoms. The lowest BCUT2D eigenvalue weighted by Gasteiger charge is -2.37. The van der Waals surface area contributed by atoms with Crippen LogP contribution in [0, 0.1) is 0 Å². The summed E-state index contributed by atoms with van der Waals surface area (Å²) in [6, 6.07) is 6.68. The van der Waals surface area contributed by atoms with Gasteiger partial charge in [-0.25, -0.2) is 19.2 Å². The number of carbonyl (C=O) groups is 4. The number of carboxylic acid groups (broad SMARTS) is 4. The van der Waals surface area contributed by atoms with Gasteiger partial charge in [-0.2, -0.15) is 52.7 Å². The normalized spacial score (nSPS) is 18.1. The maximum atomic E-state index is 10.6. The number of aliphatic carboxylic acids is 4. The Bertz CT molecular complexity index is 1070. The van der Waals surface area contributed by atoms with E-state index in [9.17, 15) is 52.7 Å². The molecule has 2 aliphatic rings. The van der Waals surface area contributed by atoms with Gasteiger partial charge < -0.3 is 30.1 Å². The second-order valence-electron chi connectivity index (χ2n) is 9.54. The number of hydrogen-bond donors (Lipinski definition) is 4. The van der Waals surface area contributed by atoms with Gasteiger partial charge in [0.05, 0.1) is 18.4 Å². The summed E-state index contributed by atoms with van der Waals surface area (Å²) in [6.45, 7) is 7.23. The summed E-state index contributed by atoms with van der Waals surface area (Å²) in [6.07, 6.45) is -18.1. The first-order valence-electron chi connectivity index (χ1n) is 12.8. The van der Waals surface area contributed by atoms with Crippen molar-refractivity contribution in [3.63, 3.8) is 0 Å². The fraction of sp³-hybridized carbons (Fsp3) is 0.625. The topological polar surface area (TPSA) is 181 Å². The van der Waals surface area contributed by atoms with Gasteiger partial charge in [-0.15, -0.1) is 0 Å². The summed E-state index contributed by atoms with van der Waals surface area (Å²) in [5.41, 5.74) is 1.15. The summed E-state index contributed by atoms with van der Waals surface area (Å²) in [4.78, 5) is 47.4. The van der Waals surface area contributed by atoms with Crippen LogP contribution in [0.1, 0.15) is 5.69 Å². The van der Waals surface area contributed by atoms with Crippen LogP contribution in [0.5, 0.6) is 0 Å². The Hall–Kier alpha value is -3.97. The van der Waals surface area contributed by atoms with Gasteiger partial charge in [-0.1, -0.05) is 6.07 Å². The third-order valence-electron chi connectivity index (χ3n) is 5.41. The van der Waals surface area contributed by atoms with E-state index in [-0.39, 0.29) is 0 Å². The highest BCUT2D eigenvalue weighted by Crippen LogP contribution is 2.24. The van der Waals surface area contributed by atoms with E-state index >= 15 is 0 Å². The number of ether oxygens (including phenoxy) is 1. The van der Waals surface area contributed by atoms with Crippen molar-refractivity contribution in [2.45, 2.75) is 43.4 Å². The molecular weight excluding hydrogens is 716 g/mol. The van der Waals surface area contributed by atoms with Gasteiger partial charge in [0, 0.05) is 51.5 Å². The van der Waals surface area contributed by atoms with E-state index in [2.05, 4.69) is 45.9 Å². The van der Waals surface area contributed by atoms with E-state index < -0.39 is 48.6 Å². The van der Waals surface area contributed by atoms with Crippen molar-refractivity contribution in [2.75, 3.05) is 53.4 Å². The van der Waals surface area contributed by atoms with E-state index in [4.69, 9.17) is 44.3 Å². The van der Waals surface area contributed by atoms with Crippen molar-refractivity contribution in [2.24, 2.45) is 0 Å². The molecule has 1 aromatic heterocycles. The monoisotopic (exact) mass is 746 g/mol. The standard InChI is InChI=1S/C16H26N4O.4C2HF3O2/c1-18(2)7-8-20-9-10-21-16-13-19(12-15(16)20)11-14-5-3-4-6-17-14;4*3-2(4,5)1(6)7/h3-6,15-16H,7-13H2,1-2H3;4*(H,6,7)/t15-,16+;;;;/m1..../s1. The average Bonchev–Trinajstić information content (AvgIpc) is 3.34. The van der Waals surface area contributed by atoms with Crippen LogP contribution in [-0.4, -0.2) is 154 Å². The van der Waals surface area contributed by atoms with Crippen molar-refractivity contribution in [1.82, 2.24) is 19.7 Å². The first-order chi connectivity index (χ1) is 22.0. The van der Waals surface area contributed by atoms with Gasteiger partial charge in [0.2, 0.25) is 0 Å². The van der Waals surface area contributed by atoms with E-state index in [1.54, 1.807) is 0 Å². The highest BCUT2D eigenvalue weighted by Gasteiger charge is 2.41. The van der Waals surface area contributed by atoms with Crippen LogP contribution in [-0.2, 0) is 30.5 Å². The highest BCUT2D eigenvalue weighted by molar-refractivity contribution is 5.74. The zero-order valence-corrected chi connectivity index (χ0v) is 25.1. The lowest BCUT2D eigenvalue weighted by Crippen LogP contribution is -2.52. The van der Waals surface area contributed by atoms with Crippen molar-refractivity contribution in [3.05, 3.63) is 30.1 Å². The minimum absolute atomic E-state index is 0.365. The Labute approximate surface area is 268 Å². The van der Waals surface area contributed by atoms with Crippen LogP contribution in [0.2, 0.25) is 0 Å². The lowest BCUT2D eigenvalue weighted by molar-refractivity contribution is -0.193. The molecule has 2 fully saturated rings. The van der Waals surface area contributed by atoms with Crippen LogP contribution in [0.4, 0.5) is 52.7 Å². The molecular formula is C24H30F12N4O9. The maximum Gasteiger partial charge on any atom is 0.490 e. The minimum Gasteiger partial charge on any atom is -0.475 e. The summed E-state index contributed by atoms with van der Waals surface area (Å²) >= 11 is 0. The van der Waals surface area contributed by atoms with Gasteiger partial charge in [0.15, 0.2) is 0 Å². The number of rotatable bonds is 5. The lowest BCUT2D eigenvalue weighted by atomic mass is 10.1. The second kappa shape index (κ2) is 20.5. The van der Waals surface area contributed by atoms with Crippen LogP contribution in [0.3, 0.4) is 0 Å². The number of fused-ring (bicyclic) bond motifs is 1. The summed E-state index contributed by atoms with van der Waals surface area (Å²) < 4.78 is 133. The molecule has 284 valence electrons. The Balaban J connectivity index is 0. The Morgan fingerprint density at radius 2 is 1.18 bits per heavy atom. The first-order valence-corrected chi connectivity index (χ1v) is 12.8. The summed E-state index contributed by atoms with van der Waals surface area (Å²) in [5, 5.41) is 28.5. The Morgan fingerprint density at radius 3 is 1.51 bits per heavy atom. The molecule has 13 nitrogen and oxygen atoms in total. The molecule has 4 N–H and O–H groups in total. The number of pyridine rings is 1. The Kier molecular flexibility index (Phi) is 19.7. The van der Waals surface area contributed by atoms with Crippen molar-refractivity contribution < 1.29 is 97.0 Å². The smallest absolute Gasteiger partial charge is 0.475 e. The fourth-order valence-corrected chi connectivity index (χ4v) is 3.29. The molecule has 2 saturated heterocycles. The number of likely N-dealkylation sites (tertiary alicyclic amines) is 1. The molecule has 0 amide bonds. The van der Waals surface area contributed by atoms with Crippen LogP contribution < -0.4 is 0 Å². The molecule has 3 heterocycles. The molecule has 0 aliphatic carbocycles. The molecule has 0 saturated carbocycles. The predicted octanol–water partition coefficient (Wildman–Crippen LogP) is 3.06. The van der Waals surface area contributed by atoms with Gasteiger partial charge in [0.25, 0.3) is 0 Å². The van der Waals surface area contributed by atoms with Gasteiger partial charge in [-0.05, 0) is 26.2 Å². The minimum atomic E-state index is -5.08. The summed E-state index contributed by atoms with van der Waals surface area (Å²) in [7, 11) is 4.28. The third kappa shape index (κ3) is 22.3. The third-order valence-corrected chi connectivity index (χ3v) is 5.41. The van der Waals surface area contributed by atoms with Crippen LogP contribution in [0.25, 0.3) is 0 Å². The van der Waals surface area contributed by atoms with E-state index in [1.807, 2.05) is 12.3 Å². The van der Waals surface area contributed by atoms with Crippen molar-refractivity contribution in [1.29, 1.82) is 0 Å². The molecule has 0 aromatic carbocycles. The number of aromatic nitrogens is 1. The Morgan fingerprint density at radius 1 is 0.776 bits per heavy atom. The van der Waals surface area contributed by atoms with Crippen molar-refractivity contribution in [3.8, 4) is 0 Å². The number of carboxylic acids is 4. The fourth-order valence-electron chi connectivity index (χ4n) is 3.29. The average molecular weight is 746 g/mol. The van der Waals surface area contributed by atoms with Crippen LogP contribution >= 0.6 is 0 Å². The predicted molar refractivity (Wildman–Crippen MR) is 138 cm³/mol. The number of halogens is 12. The number of alkyl halides is 12. The molecule has 0 radical (unpaired) electrons. The largest absolute Gasteiger partial charge is 0.490 e. The zero-order valence-electron chi connectivity index (χ0n) is 25.1. The van der Waals surface area contributed by atoms with E-state index in [1.165, 1.54) is 0 Å². The number of morpholine rings is 1. The molecule has 2 aliphatic heterocycles. The quantitative estimate of drug-likeness (QED) is 0.323. The number of nitrogens with zero attached hydrogens (tertiary/aromatic N) is 4. The summed E-state index contributed by atoms with van der Waals surface area (Å²) in [5.74, 6) is -11.0. The molecule has 25 heteroatoms. The molecule has 0 unspecified atom stereocenters. The second-order valence-corrected chi connectivity index (χ2v) is 9.54. The molecule has 3 rings (SSSR count). The van der Waals surface area contributed by atoms with Gasteiger partial charge in [-0.3, -0.25) is 14.8 Å². The van der Waals surface area contributed by atoms with Crippen molar-refractivity contribution >= 4 is 23.9 Å². The first kappa shape index (κ1) is 47.1. The van der Waals surface area contributed by atoms with E-state index in [0.717, 1.165) is 51.6 Å². The highest BCUT2D eigenvalue weighted by atomic mass is 19.4. The van der Waals surface area contributed by atoms with Crippen LogP contribution in [0.15, 0.2) is 24.4 Å². The molecule has 0 bridgehead atoms. The molecule has 1 aromatic rings. The maximum absolute atomic E-state index is 10.6. The molecule has 49 heavy (non-hydrogen) atoms. The van der Waals surface area contributed by atoms with E-state index in [0.29, 0.717) is 12.1 Å². The SMILES string of the molecule is CN(C)CCN1CCO[C@H]2CN(Cc3ccccn3)C[C@H]21.O=C(O)C(F)(F)F.O=C(O)C(F)(F)F.O=C(O)C(F)(F)F.O=C(O)C(F)(F)F. The molecule has 2 atom stereocenters. The van der Waals surface area contributed by atoms with Gasteiger partial charge in [0.1, 0.15) is 0 Å². The number of hydrogen-bond acceptors (Lipinski definition) is 9. The zero-order chi connectivity index (χ0) is 39.0.